The lowest BCUT2D eigenvalue weighted by Gasteiger charge is -2.10. The summed E-state index contributed by atoms with van der Waals surface area (Å²) in [6.45, 7) is 1.26. The number of urea groups is 1. The first-order chi connectivity index (χ1) is 10.2. The topological polar surface area (TPSA) is 41.1 Å². The molecule has 1 fully saturated rings. The van der Waals surface area contributed by atoms with Crippen LogP contribution < -0.4 is 10.6 Å². The molecule has 0 radical (unpaired) electrons. The normalized spacial score (nSPS) is 15.1. The second-order valence-electron chi connectivity index (χ2n) is 5.86. The van der Waals surface area contributed by atoms with Crippen LogP contribution in [0.5, 0.6) is 0 Å². The summed E-state index contributed by atoms with van der Waals surface area (Å²) in [4.78, 5) is 11.6. The largest absolute Gasteiger partial charge is 0.338 e. The molecule has 0 heterocycles. The number of hydrogen-bond donors (Lipinski definition) is 2. The van der Waals surface area contributed by atoms with E-state index in [2.05, 4.69) is 10.6 Å². The molecule has 0 unspecified atom stereocenters. The molecule has 0 atom stereocenters. The molecule has 2 rings (SSSR count). The van der Waals surface area contributed by atoms with E-state index in [4.69, 9.17) is 0 Å². The fraction of sp³-hybridized carbons (Fsp3) is 0.588. The molecule has 1 aromatic carbocycles. The number of rotatable bonds is 7. The van der Waals surface area contributed by atoms with Crippen LogP contribution in [0.4, 0.5) is 9.18 Å². The van der Waals surface area contributed by atoms with Crippen LogP contribution in [-0.4, -0.2) is 19.1 Å². The minimum absolute atomic E-state index is 0.127. The summed E-state index contributed by atoms with van der Waals surface area (Å²) in [5.74, 6) is 0.645. The molecule has 1 aliphatic carbocycles. The zero-order valence-corrected chi connectivity index (χ0v) is 12.5. The Hall–Kier alpha value is -1.58. The van der Waals surface area contributed by atoms with Crippen LogP contribution in [0.15, 0.2) is 24.3 Å². The molecular formula is C17H25FN2O. The predicted octanol–water partition coefficient (Wildman–Crippen LogP) is 3.64. The molecule has 2 amide bonds. The highest BCUT2D eigenvalue weighted by Crippen LogP contribution is 2.28. The maximum atomic E-state index is 13.0. The number of hydrogen-bond acceptors (Lipinski definition) is 1. The van der Waals surface area contributed by atoms with Crippen LogP contribution in [0.2, 0.25) is 0 Å². The molecule has 116 valence electrons. The van der Waals surface area contributed by atoms with E-state index >= 15 is 0 Å². The molecule has 21 heavy (non-hydrogen) atoms. The molecule has 0 aromatic heterocycles. The van der Waals surface area contributed by atoms with E-state index in [-0.39, 0.29) is 11.8 Å². The van der Waals surface area contributed by atoms with Gasteiger partial charge in [0.2, 0.25) is 0 Å². The zero-order chi connectivity index (χ0) is 14.9. The maximum Gasteiger partial charge on any atom is 0.314 e. The van der Waals surface area contributed by atoms with Crippen molar-refractivity contribution >= 4 is 6.03 Å². The Morgan fingerprint density at radius 1 is 1.19 bits per heavy atom. The van der Waals surface area contributed by atoms with Crippen LogP contribution >= 0.6 is 0 Å². The van der Waals surface area contributed by atoms with Crippen molar-refractivity contribution in [2.24, 2.45) is 5.92 Å². The Bertz CT molecular complexity index is 444. The number of nitrogens with one attached hydrogen (secondary N) is 2. The van der Waals surface area contributed by atoms with E-state index < -0.39 is 0 Å². The van der Waals surface area contributed by atoms with Crippen molar-refractivity contribution in [1.82, 2.24) is 10.6 Å². The van der Waals surface area contributed by atoms with Crippen molar-refractivity contribution in [1.29, 1.82) is 0 Å². The van der Waals surface area contributed by atoms with Gasteiger partial charge in [-0.1, -0.05) is 37.8 Å². The summed E-state index contributed by atoms with van der Waals surface area (Å²) in [5, 5.41) is 5.69. The highest BCUT2D eigenvalue weighted by atomic mass is 19.1. The van der Waals surface area contributed by atoms with Gasteiger partial charge in [-0.05, 0) is 42.9 Å². The summed E-state index contributed by atoms with van der Waals surface area (Å²) in [5.41, 5.74) is 0.900. The summed E-state index contributed by atoms with van der Waals surface area (Å²) in [7, 11) is 0. The summed E-state index contributed by atoms with van der Waals surface area (Å²) >= 11 is 0. The molecule has 0 saturated heterocycles. The lowest BCUT2D eigenvalue weighted by molar-refractivity contribution is 0.240. The first-order valence-electron chi connectivity index (χ1n) is 8.00. The van der Waals surface area contributed by atoms with Gasteiger partial charge >= 0.3 is 6.03 Å². The lowest BCUT2D eigenvalue weighted by Crippen LogP contribution is -2.37. The van der Waals surface area contributed by atoms with E-state index in [9.17, 15) is 9.18 Å². The minimum Gasteiger partial charge on any atom is -0.338 e. The van der Waals surface area contributed by atoms with Gasteiger partial charge in [-0.2, -0.15) is 0 Å². The third-order valence-electron chi connectivity index (χ3n) is 4.14. The Balaban J connectivity index is 1.51. The van der Waals surface area contributed by atoms with Gasteiger partial charge in [0, 0.05) is 13.1 Å². The maximum absolute atomic E-state index is 13.0. The van der Waals surface area contributed by atoms with E-state index in [1.54, 1.807) is 6.07 Å². The molecule has 1 aliphatic rings. The summed E-state index contributed by atoms with van der Waals surface area (Å²) in [6.07, 6.45) is 8.40. The Labute approximate surface area is 126 Å². The van der Waals surface area contributed by atoms with Gasteiger partial charge in [-0.3, -0.25) is 0 Å². The SMILES string of the molecule is O=C(NCCCC1CCCC1)NCCc1cccc(F)c1. The van der Waals surface area contributed by atoms with Crippen molar-refractivity contribution in [3.05, 3.63) is 35.6 Å². The highest BCUT2D eigenvalue weighted by molar-refractivity contribution is 5.73. The molecule has 2 N–H and O–H groups in total. The first-order valence-corrected chi connectivity index (χ1v) is 8.00. The first kappa shape index (κ1) is 15.8. The smallest absolute Gasteiger partial charge is 0.314 e. The molecule has 1 saturated carbocycles. The Kier molecular flexibility index (Phi) is 6.51. The van der Waals surface area contributed by atoms with Crippen molar-refractivity contribution < 1.29 is 9.18 Å². The van der Waals surface area contributed by atoms with E-state index in [1.807, 2.05) is 6.07 Å². The molecule has 3 nitrogen and oxygen atoms in total. The minimum atomic E-state index is -0.233. The number of benzene rings is 1. The van der Waals surface area contributed by atoms with Gasteiger partial charge in [0.25, 0.3) is 0 Å². The predicted molar refractivity (Wildman–Crippen MR) is 82.7 cm³/mol. The third-order valence-corrected chi connectivity index (χ3v) is 4.14. The van der Waals surface area contributed by atoms with Crippen LogP contribution in [-0.2, 0) is 6.42 Å². The fourth-order valence-corrected chi connectivity index (χ4v) is 2.97. The van der Waals surface area contributed by atoms with Crippen molar-refractivity contribution in [2.45, 2.75) is 44.9 Å². The Morgan fingerprint density at radius 3 is 2.71 bits per heavy atom. The third kappa shape index (κ3) is 6.15. The van der Waals surface area contributed by atoms with Gasteiger partial charge in [-0.25, -0.2) is 9.18 Å². The summed E-state index contributed by atoms with van der Waals surface area (Å²) in [6, 6.07) is 6.35. The van der Waals surface area contributed by atoms with Crippen molar-refractivity contribution in [3.63, 3.8) is 0 Å². The molecular weight excluding hydrogens is 267 g/mol. The average Bonchev–Trinajstić information content (AvgIpc) is 2.97. The van der Waals surface area contributed by atoms with Crippen LogP contribution in [0.3, 0.4) is 0 Å². The van der Waals surface area contributed by atoms with E-state index in [1.165, 1.54) is 44.2 Å². The van der Waals surface area contributed by atoms with Crippen molar-refractivity contribution in [2.75, 3.05) is 13.1 Å². The van der Waals surface area contributed by atoms with Crippen LogP contribution in [0, 0.1) is 11.7 Å². The zero-order valence-electron chi connectivity index (χ0n) is 12.5. The number of carbonyl (C=O) groups is 1. The van der Waals surface area contributed by atoms with E-state index in [0.29, 0.717) is 13.0 Å². The monoisotopic (exact) mass is 292 g/mol. The lowest BCUT2D eigenvalue weighted by atomic mass is 10.0. The van der Waals surface area contributed by atoms with Gasteiger partial charge in [0.15, 0.2) is 0 Å². The van der Waals surface area contributed by atoms with Gasteiger partial charge in [0.05, 0.1) is 0 Å². The quantitative estimate of drug-likeness (QED) is 0.740. The molecule has 1 aromatic rings. The standard InChI is InChI=1S/C17H25FN2O/c18-16-9-3-7-15(13-16)10-12-20-17(21)19-11-4-8-14-5-1-2-6-14/h3,7,9,13-14H,1-2,4-6,8,10-12H2,(H2,19,20,21). The number of halogens is 1. The molecule has 4 heteroatoms. The highest BCUT2D eigenvalue weighted by Gasteiger charge is 2.14. The van der Waals surface area contributed by atoms with E-state index in [0.717, 1.165) is 24.4 Å². The van der Waals surface area contributed by atoms with Crippen LogP contribution in [0.1, 0.15) is 44.1 Å². The van der Waals surface area contributed by atoms with Gasteiger partial charge < -0.3 is 10.6 Å². The van der Waals surface area contributed by atoms with Gasteiger partial charge in [0.1, 0.15) is 5.82 Å². The Morgan fingerprint density at radius 2 is 1.95 bits per heavy atom. The summed E-state index contributed by atoms with van der Waals surface area (Å²) < 4.78 is 13.0. The second-order valence-corrected chi connectivity index (χ2v) is 5.86. The van der Waals surface area contributed by atoms with Crippen molar-refractivity contribution in [3.8, 4) is 0 Å². The number of carbonyl (C=O) groups excluding carboxylic acids is 1. The average molecular weight is 292 g/mol. The fourth-order valence-electron chi connectivity index (χ4n) is 2.97. The van der Waals surface area contributed by atoms with Crippen LogP contribution in [0.25, 0.3) is 0 Å². The molecule has 0 spiro atoms. The molecule has 0 aliphatic heterocycles. The van der Waals surface area contributed by atoms with Gasteiger partial charge in [-0.15, -0.1) is 0 Å². The number of amides is 2. The molecule has 0 bridgehead atoms. The second kappa shape index (κ2) is 8.65.